The Kier molecular flexibility index (Phi) is 5.58. The van der Waals surface area contributed by atoms with Crippen LogP contribution < -0.4 is 10.6 Å². The first-order valence-corrected chi connectivity index (χ1v) is 7.71. The fraction of sp³-hybridized carbons (Fsp3) is 0.263. The number of ether oxygens (including phenoxy) is 1. The highest BCUT2D eigenvalue weighted by Gasteiger charge is 2.21. The normalized spacial score (nSPS) is 10.8. The highest BCUT2D eigenvalue weighted by Crippen LogP contribution is 2.21. The summed E-state index contributed by atoms with van der Waals surface area (Å²) in [7, 11) is 1.33. The van der Waals surface area contributed by atoms with Crippen LogP contribution in [0.5, 0.6) is 0 Å². The van der Waals surface area contributed by atoms with E-state index in [1.807, 2.05) is 30.3 Å². The number of hydrogen-bond acceptors (Lipinski definition) is 3. The molecule has 0 aliphatic rings. The van der Waals surface area contributed by atoms with E-state index in [0.29, 0.717) is 17.8 Å². The molecule has 5 heteroatoms. The third-order valence-electron chi connectivity index (χ3n) is 3.81. The zero-order chi connectivity index (χ0) is 17.6. The summed E-state index contributed by atoms with van der Waals surface area (Å²) >= 11 is 0. The van der Waals surface area contributed by atoms with Crippen molar-refractivity contribution in [2.75, 3.05) is 19.0 Å². The average Bonchev–Trinajstić information content (AvgIpc) is 2.61. The van der Waals surface area contributed by atoms with E-state index in [0.717, 1.165) is 5.56 Å². The number of hydrogen-bond donors (Lipinski definition) is 2. The summed E-state index contributed by atoms with van der Waals surface area (Å²) in [5, 5.41) is 5.62. The molecule has 2 amide bonds. The van der Waals surface area contributed by atoms with Crippen LogP contribution in [0.2, 0.25) is 0 Å². The molecule has 0 fully saturated rings. The SMILES string of the molecule is COC(=O)c1ccc(NC(=O)NCC(C)(C)c2ccccc2)cc1. The van der Waals surface area contributed by atoms with E-state index in [-0.39, 0.29) is 11.4 Å². The molecular weight excluding hydrogens is 304 g/mol. The molecule has 126 valence electrons. The lowest BCUT2D eigenvalue weighted by Crippen LogP contribution is -2.38. The lowest BCUT2D eigenvalue weighted by molar-refractivity contribution is 0.0601. The lowest BCUT2D eigenvalue weighted by atomic mass is 9.85. The Labute approximate surface area is 142 Å². The van der Waals surface area contributed by atoms with Gasteiger partial charge in [0, 0.05) is 17.6 Å². The van der Waals surface area contributed by atoms with Crippen LogP contribution in [0, 0.1) is 0 Å². The van der Waals surface area contributed by atoms with Crippen LogP contribution in [0.15, 0.2) is 54.6 Å². The molecule has 0 saturated carbocycles. The highest BCUT2D eigenvalue weighted by atomic mass is 16.5. The van der Waals surface area contributed by atoms with Crippen molar-refractivity contribution in [3.63, 3.8) is 0 Å². The second-order valence-corrected chi connectivity index (χ2v) is 6.13. The molecule has 2 aromatic rings. The highest BCUT2D eigenvalue weighted by molar-refractivity contribution is 5.92. The number of rotatable bonds is 5. The Morgan fingerprint density at radius 1 is 1.00 bits per heavy atom. The fourth-order valence-corrected chi connectivity index (χ4v) is 2.28. The van der Waals surface area contributed by atoms with E-state index in [4.69, 9.17) is 0 Å². The molecular formula is C19H22N2O3. The molecule has 5 nitrogen and oxygen atoms in total. The standard InChI is InChI=1S/C19H22N2O3/c1-19(2,15-7-5-4-6-8-15)13-20-18(23)21-16-11-9-14(10-12-16)17(22)24-3/h4-12H,13H2,1-3H3,(H2,20,21,23). The smallest absolute Gasteiger partial charge is 0.337 e. The van der Waals surface area contributed by atoms with Crippen molar-refractivity contribution < 1.29 is 14.3 Å². The van der Waals surface area contributed by atoms with Gasteiger partial charge in [0.1, 0.15) is 0 Å². The monoisotopic (exact) mass is 326 g/mol. The van der Waals surface area contributed by atoms with Gasteiger partial charge in [0.15, 0.2) is 0 Å². The van der Waals surface area contributed by atoms with Crippen LogP contribution in [0.3, 0.4) is 0 Å². The predicted molar refractivity (Wildman–Crippen MR) is 94.3 cm³/mol. The third-order valence-corrected chi connectivity index (χ3v) is 3.81. The number of carbonyl (C=O) groups excluding carboxylic acids is 2. The van der Waals surface area contributed by atoms with Crippen LogP contribution >= 0.6 is 0 Å². The van der Waals surface area contributed by atoms with E-state index >= 15 is 0 Å². The van der Waals surface area contributed by atoms with Gasteiger partial charge in [0.25, 0.3) is 0 Å². The Morgan fingerprint density at radius 2 is 1.62 bits per heavy atom. The van der Waals surface area contributed by atoms with Crippen molar-refractivity contribution in [2.45, 2.75) is 19.3 Å². The Hall–Kier alpha value is -2.82. The zero-order valence-corrected chi connectivity index (χ0v) is 14.1. The largest absolute Gasteiger partial charge is 0.465 e. The van der Waals surface area contributed by atoms with Gasteiger partial charge in [-0.1, -0.05) is 44.2 Å². The summed E-state index contributed by atoms with van der Waals surface area (Å²) in [5.74, 6) is -0.407. The number of amides is 2. The van der Waals surface area contributed by atoms with Gasteiger partial charge in [-0.15, -0.1) is 0 Å². The van der Waals surface area contributed by atoms with Crippen molar-refractivity contribution in [3.05, 3.63) is 65.7 Å². The number of anilines is 1. The molecule has 0 aromatic heterocycles. The van der Waals surface area contributed by atoms with Gasteiger partial charge in [0.05, 0.1) is 12.7 Å². The predicted octanol–water partition coefficient (Wildman–Crippen LogP) is 3.57. The number of esters is 1. The average molecular weight is 326 g/mol. The van der Waals surface area contributed by atoms with Crippen molar-refractivity contribution >= 4 is 17.7 Å². The minimum Gasteiger partial charge on any atom is -0.465 e. The molecule has 0 spiro atoms. The molecule has 0 saturated heterocycles. The summed E-state index contributed by atoms with van der Waals surface area (Å²) in [6, 6.07) is 16.3. The zero-order valence-electron chi connectivity index (χ0n) is 14.1. The topological polar surface area (TPSA) is 67.4 Å². The van der Waals surface area contributed by atoms with Crippen LogP contribution in [0.1, 0.15) is 29.8 Å². The van der Waals surface area contributed by atoms with Gasteiger partial charge in [-0.25, -0.2) is 9.59 Å². The van der Waals surface area contributed by atoms with E-state index < -0.39 is 5.97 Å². The van der Waals surface area contributed by atoms with Crippen molar-refractivity contribution in [2.24, 2.45) is 0 Å². The summed E-state index contributed by atoms with van der Waals surface area (Å²) in [6.45, 7) is 4.66. The second kappa shape index (κ2) is 7.64. The fourth-order valence-electron chi connectivity index (χ4n) is 2.28. The quantitative estimate of drug-likeness (QED) is 0.825. The maximum absolute atomic E-state index is 12.1. The Balaban J connectivity index is 1.90. The molecule has 2 aromatic carbocycles. The molecule has 0 atom stereocenters. The molecule has 0 aliphatic carbocycles. The van der Waals surface area contributed by atoms with Crippen molar-refractivity contribution in [1.82, 2.24) is 5.32 Å². The number of carbonyl (C=O) groups is 2. The van der Waals surface area contributed by atoms with Crippen LogP contribution in [0.25, 0.3) is 0 Å². The maximum Gasteiger partial charge on any atom is 0.337 e. The van der Waals surface area contributed by atoms with Gasteiger partial charge in [0.2, 0.25) is 0 Å². The van der Waals surface area contributed by atoms with E-state index in [2.05, 4.69) is 29.2 Å². The molecule has 0 unspecified atom stereocenters. The molecule has 2 rings (SSSR count). The first-order chi connectivity index (χ1) is 11.4. The van der Waals surface area contributed by atoms with Crippen molar-refractivity contribution in [1.29, 1.82) is 0 Å². The molecule has 0 radical (unpaired) electrons. The summed E-state index contributed by atoms with van der Waals surface area (Å²) < 4.78 is 4.64. The first kappa shape index (κ1) is 17.5. The maximum atomic E-state index is 12.1. The van der Waals surface area contributed by atoms with Gasteiger partial charge < -0.3 is 15.4 Å². The molecule has 0 bridgehead atoms. The summed E-state index contributed by atoms with van der Waals surface area (Å²) in [5.41, 5.74) is 2.03. The minimum atomic E-state index is -0.407. The van der Waals surface area contributed by atoms with Crippen LogP contribution in [0.4, 0.5) is 10.5 Å². The molecule has 0 aliphatic heterocycles. The first-order valence-electron chi connectivity index (χ1n) is 7.71. The summed E-state index contributed by atoms with van der Waals surface area (Å²) in [4.78, 5) is 23.4. The number of benzene rings is 2. The van der Waals surface area contributed by atoms with Gasteiger partial charge >= 0.3 is 12.0 Å². The van der Waals surface area contributed by atoms with E-state index in [9.17, 15) is 9.59 Å². The van der Waals surface area contributed by atoms with Gasteiger partial charge in [-0.05, 0) is 29.8 Å². The van der Waals surface area contributed by atoms with Crippen LogP contribution in [-0.4, -0.2) is 25.7 Å². The van der Waals surface area contributed by atoms with Crippen LogP contribution in [-0.2, 0) is 10.2 Å². The Morgan fingerprint density at radius 3 is 2.21 bits per heavy atom. The number of nitrogens with one attached hydrogen (secondary N) is 2. The third kappa shape index (κ3) is 4.59. The summed E-state index contributed by atoms with van der Waals surface area (Å²) in [6.07, 6.45) is 0. The molecule has 2 N–H and O–H groups in total. The van der Waals surface area contributed by atoms with Gasteiger partial charge in [-0.2, -0.15) is 0 Å². The Bertz CT molecular complexity index is 694. The number of urea groups is 1. The van der Waals surface area contributed by atoms with Gasteiger partial charge in [-0.3, -0.25) is 0 Å². The van der Waals surface area contributed by atoms with E-state index in [1.54, 1.807) is 24.3 Å². The molecule has 0 heterocycles. The number of methoxy groups -OCH3 is 1. The van der Waals surface area contributed by atoms with Crippen molar-refractivity contribution in [3.8, 4) is 0 Å². The van der Waals surface area contributed by atoms with E-state index in [1.165, 1.54) is 7.11 Å². The minimum absolute atomic E-state index is 0.173. The molecule has 24 heavy (non-hydrogen) atoms. The second-order valence-electron chi connectivity index (χ2n) is 6.13. The lowest BCUT2D eigenvalue weighted by Gasteiger charge is -2.25.